The lowest BCUT2D eigenvalue weighted by Crippen LogP contribution is -2.48. The second-order valence-corrected chi connectivity index (χ2v) is 10.5. The van der Waals surface area contributed by atoms with Gasteiger partial charge in [-0.15, -0.1) is 0 Å². The van der Waals surface area contributed by atoms with Crippen molar-refractivity contribution < 1.29 is 14.4 Å². The summed E-state index contributed by atoms with van der Waals surface area (Å²) in [5, 5.41) is 16.8. The maximum atomic E-state index is 13.2. The van der Waals surface area contributed by atoms with Gasteiger partial charge in [0.2, 0.25) is 17.7 Å². The Morgan fingerprint density at radius 3 is 2.55 bits per heavy atom. The molecule has 0 saturated heterocycles. The summed E-state index contributed by atoms with van der Waals surface area (Å²) in [5.41, 5.74) is 0.418. The van der Waals surface area contributed by atoms with Gasteiger partial charge < -0.3 is 15.5 Å². The Morgan fingerprint density at radius 2 is 1.85 bits per heavy atom. The van der Waals surface area contributed by atoms with Crippen molar-refractivity contribution in [1.29, 1.82) is 0 Å². The lowest BCUT2D eigenvalue weighted by Gasteiger charge is -2.26. The van der Waals surface area contributed by atoms with Crippen molar-refractivity contribution in [3.63, 3.8) is 0 Å². The monoisotopic (exact) mass is 551 g/mol. The standard InChI is InChI=1S/C27H37N9O4/c1-17(2)16-20-26(39)28-18(3)25-31-24(19-8-5-4-6-9-19)34-36(25)15-14-35(13-7-10-22(37)29-20)23(38)12-11-21-30-27(40)33-32-21/h4-6,8-9,17-18,20H,7,10-16H2,1-3H3,(H,28,39)(H,29,37)(H2,30,32,33,40)/t18-,20-/m1/s1. The van der Waals surface area contributed by atoms with Crippen LogP contribution in [0.5, 0.6) is 0 Å². The van der Waals surface area contributed by atoms with E-state index in [4.69, 9.17) is 10.1 Å². The van der Waals surface area contributed by atoms with Crippen LogP contribution in [0, 0.1) is 5.92 Å². The summed E-state index contributed by atoms with van der Waals surface area (Å²) < 4.78 is 1.74. The average Bonchev–Trinajstić information content (AvgIpc) is 3.54. The van der Waals surface area contributed by atoms with Crippen molar-refractivity contribution in [3.8, 4) is 11.4 Å². The average molecular weight is 552 g/mol. The highest BCUT2D eigenvalue weighted by molar-refractivity contribution is 5.87. The Morgan fingerprint density at radius 1 is 1.07 bits per heavy atom. The zero-order chi connectivity index (χ0) is 28.6. The van der Waals surface area contributed by atoms with Gasteiger partial charge in [-0.05, 0) is 25.7 Å². The van der Waals surface area contributed by atoms with E-state index in [2.05, 4.69) is 25.8 Å². The summed E-state index contributed by atoms with van der Waals surface area (Å²) in [7, 11) is 0. The van der Waals surface area contributed by atoms with Crippen molar-refractivity contribution in [2.45, 2.75) is 71.5 Å². The van der Waals surface area contributed by atoms with Gasteiger partial charge in [-0.2, -0.15) is 10.2 Å². The minimum Gasteiger partial charge on any atom is -0.345 e. The Kier molecular flexibility index (Phi) is 9.46. The predicted molar refractivity (Wildman–Crippen MR) is 147 cm³/mol. The van der Waals surface area contributed by atoms with Crippen LogP contribution in [0.4, 0.5) is 0 Å². The number of aromatic nitrogens is 6. The van der Waals surface area contributed by atoms with Crippen molar-refractivity contribution >= 4 is 17.7 Å². The quantitative estimate of drug-likeness (QED) is 0.358. The molecule has 0 radical (unpaired) electrons. The fourth-order valence-electron chi connectivity index (χ4n) is 4.71. The smallest absolute Gasteiger partial charge is 0.340 e. The molecule has 0 saturated carbocycles. The molecule has 0 aliphatic carbocycles. The molecule has 0 spiro atoms. The third kappa shape index (κ3) is 7.64. The van der Waals surface area contributed by atoms with E-state index in [1.165, 1.54) is 0 Å². The number of hydrogen-bond donors (Lipinski definition) is 4. The van der Waals surface area contributed by atoms with E-state index < -0.39 is 17.8 Å². The van der Waals surface area contributed by atoms with Gasteiger partial charge in [0.25, 0.3) is 0 Å². The summed E-state index contributed by atoms with van der Waals surface area (Å²) in [6.45, 7) is 6.87. The van der Waals surface area contributed by atoms with E-state index in [9.17, 15) is 19.2 Å². The molecule has 3 amide bonds. The molecule has 2 aromatic heterocycles. The molecule has 1 aliphatic heterocycles. The Balaban J connectivity index is 1.60. The van der Waals surface area contributed by atoms with Crippen LogP contribution in [0.15, 0.2) is 35.1 Å². The second kappa shape index (κ2) is 13.2. The minimum absolute atomic E-state index is 0.125. The van der Waals surface area contributed by atoms with Crippen LogP contribution in [0.2, 0.25) is 0 Å². The van der Waals surface area contributed by atoms with E-state index in [0.717, 1.165) is 5.56 Å². The Hall–Kier alpha value is -4.29. The summed E-state index contributed by atoms with van der Waals surface area (Å²) in [5.74, 6) is 1.05. The topological polar surface area (TPSA) is 171 Å². The van der Waals surface area contributed by atoms with Crippen LogP contribution < -0.4 is 16.3 Å². The lowest BCUT2D eigenvalue weighted by molar-refractivity contribution is -0.132. The first-order valence-electron chi connectivity index (χ1n) is 13.7. The molecule has 4 N–H and O–H groups in total. The number of nitrogens with zero attached hydrogens (tertiary/aromatic N) is 5. The molecule has 0 bridgehead atoms. The molecule has 214 valence electrons. The number of amides is 3. The fourth-order valence-corrected chi connectivity index (χ4v) is 4.71. The molecule has 13 nitrogen and oxygen atoms in total. The number of fused-ring (bicyclic) bond motifs is 1. The second-order valence-electron chi connectivity index (χ2n) is 10.5. The van der Waals surface area contributed by atoms with Gasteiger partial charge in [-0.25, -0.2) is 19.6 Å². The van der Waals surface area contributed by atoms with Crippen LogP contribution >= 0.6 is 0 Å². The molecule has 1 aliphatic rings. The number of H-pyrrole nitrogens is 2. The molecule has 0 fully saturated rings. The van der Waals surface area contributed by atoms with E-state index in [1.807, 2.05) is 51.1 Å². The van der Waals surface area contributed by atoms with Crippen molar-refractivity contribution in [2.75, 3.05) is 13.1 Å². The van der Waals surface area contributed by atoms with Crippen molar-refractivity contribution in [2.24, 2.45) is 5.92 Å². The molecular weight excluding hydrogens is 514 g/mol. The van der Waals surface area contributed by atoms with E-state index in [1.54, 1.807) is 9.58 Å². The summed E-state index contributed by atoms with van der Waals surface area (Å²) in [4.78, 5) is 59.6. The normalized spacial score (nSPS) is 19.1. The largest absolute Gasteiger partial charge is 0.345 e. The van der Waals surface area contributed by atoms with Gasteiger partial charge in [0, 0.05) is 37.9 Å². The number of aromatic amines is 2. The van der Waals surface area contributed by atoms with Gasteiger partial charge in [0.15, 0.2) is 5.82 Å². The first kappa shape index (κ1) is 28.7. The molecule has 40 heavy (non-hydrogen) atoms. The SMILES string of the molecule is CC(C)C[C@H]1NC(=O)CCCN(C(=O)CCc2n[nH]c(=O)[nH]2)CCn2nc(-c3ccccc3)nc2[C@@H](C)NC1=O. The van der Waals surface area contributed by atoms with Gasteiger partial charge in [0.1, 0.15) is 17.7 Å². The third-order valence-corrected chi connectivity index (χ3v) is 6.73. The van der Waals surface area contributed by atoms with Gasteiger partial charge >= 0.3 is 5.69 Å². The van der Waals surface area contributed by atoms with E-state index in [0.29, 0.717) is 49.9 Å². The molecule has 4 rings (SSSR count). The first-order valence-corrected chi connectivity index (χ1v) is 13.7. The zero-order valence-electron chi connectivity index (χ0n) is 23.1. The number of aryl methyl sites for hydroxylation is 1. The molecule has 2 atom stereocenters. The number of hydrogen-bond acceptors (Lipinski definition) is 7. The number of benzene rings is 1. The predicted octanol–water partition coefficient (Wildman–Crippen LogP) is 1.32. The summed E-state index contributed by atoms with van der Waals surface area (Å²) in [6.07, 6.45) is 1.53. The maximum Gasteiger partial charge on any atom is 0.340 e. The van der Waals surface area contributed by atoms with Crippen LogP contribution in [-0.4, -0.2) is 71.7 Å². The fraction of sp³-hybridized carbons (Fsp3) is 0.519. The van der Waals surface area contributed by atoms with Crippen LogP contribution in [0.3, 0.4) is 0 Å². The maximum absolute atomic E-state index is 13.2. The highest BCUT2D eigenvalue weighted by atomic mass is 16.2. The van der Waals surface area contributed by atoms with Crippen LogP contribution in [0.1, 0.15) is 64.1 Å². The Labute approximate surface area is 232 Å². The van der Waals surface area contributed by atoms with Gasteiger partial charge in [-0.3, -0.25) is 19.4 Å². The minimum atomic E-state index is -0.684. The van der Waals surface area contributed by atoms with Crippen molar-refractivity contribution in [1.82, 2.24) is 45.5 Å². The summed E-state index contributed by atoms with van der Waals surface area (Å²) >= 11 is 0. The highest BCUT2D eigenvalue weighted by Gasteiger charge is 2.27. The molecule has 3 heterocycles. The molecule has 3 aromatic rings. The number of carbonyl (C=O) groups excluding carboxylic acids is 3. The highest BCUT2D eigenvalue weighted by Crippen LogP contribution is 2.20. The van der Waals surface area contributed by atoms with Crippen LogP contribution in [-0.2, 0) is 27.3 Å². The van der Waals surface area contributed by atoms with Gasteiger partial charge in [0.05, 0.1) is 12.6 Å². The van der Waals surface area contributed by atoms with E-state index >= 15 is 0 Å². The zero-order valence-corrected chi connectivity index (χ0v) is 23.1. The molecular formula is C27H37N9O4. The summed E-state index contributed by atoms with van der Waals surface area (Å²) in [6, 6.07) is 8.38. The molecule has 0 unspecified atom stereocenters. The molecule has 13 heteroatoms. The lowest BCUT2D eigenvalue weighted by atomic mass is 10.0. The third-order valence-electron chi connectivity index (χ3n) is 6.73. The number of nitrogens with one attached hydrogen (secondary N) is 4. The van der Waals surface area contributed by atoms with E-state index in [-0.39, 0.29) is 42.9 Å². The van der Waals surface area contributed by atoms with Gasteiger partial charge in [-0.1, -0.05) is 44.2 Å². The number of carbonyl (C=O) groups is 3. The molecule has 1 aromatic carbocycles. The number of rotatable bonds is 6. The first-order chi connectivity index (χ1) is 19.2. The van der Waals surface area contributed by atoms with Crippen molar-refractivity contribution in [3.05, 3.63) is 52.5 Å². The van der Waals surface area contributed by atoms with Crippen LogP contribution in [0.25, 0.3) is 11.4 Å². The Bertz CT molecular complexity index is 1360.